The van der Waals surface area contributed by atoms with E-state index < -0.39 is 11.9 Å². The minimum Gasteiger partial charge on any atom is -0.481 e. The molecule has 4 nitrogen and oxygen atoms in total. The highest BCUT2D eigenvalue weighted by Gasteiger charge is 2.27. The summed E-state index contributed by atoms with van der Waals surface area (Å²) in [5, 5.41) is 9.13. The standard InChI is InChI=1S/C18H25NO3/c1-19(16-10-6-3-7-11-16)13-15(12-17(20)21)18(22)14-8-4-2-5-9-14/h2,4-5,8-9,15-16H,3,6-7,10-13H2,1H3,(H,20,21). The molecule has 0 aliphatic heterocycles. The van der Waals surface area contributed by atoms with Crippen molar-refractivity contribution in [1.29, 1.82) is 0 Å². The van der Waals surface area contributed by atoms with E-state index in [2.05, 4.69) is 4.90 Å². The average molecular weight is 303 g/mol. The van der Waals surface area contributed by atoms with Gasteiger partial charge in [-0.15, -0.1) is 0 Å². The quantitative estimate of drug-likeness (QED) is 0.786. The Morgan fingerprint density at radius 1 is 1.18 bits per heavy atom. The van der Waals surface area contributed by atoms with Crippen LogP contribution >= 0.6 is 0 Å². The van der Waals surface area contributed by atoms with Crippen LogP contribution in [-0.4, -0.2) is 41.4 Å². The zero-order chi connectivity index (χ0) is 15.9. The lowest BCUT2D eigenvalue weighted by atomic mass is 9.91. The predicted molar refractivity (Wildman–Crippen MR) is 86.0 cm³/mol. The van der Waals surface area contributed by atoms with Crippen molar-refractivity contribution in [2.75, 3.05) is 13.6 Å². The molecule has 4 heteroatoms. The van der Waals surface area contributed by atoms with Gasteiger partial charge in [0.2, 0.25) is 0 Å². The van der Waals surface area contributed by atoms with Gasteiger partial charge in [0.05, 0.1) is 6.42 Å². The highest BCUT2D eigenvalue weighted by atomic mass is 16.4. The van der Waals surface area contributed by atoms with Crippen LogP contribution in [0.4, 0.5) is 0 Å². The predicted octanol–water partition coefficient (Wildman–Crippen LogP) is 3.22. The summed E-state index contributed by atoms with van der Waals surface area (Å²) in [6.45, 7) is 0.519. The number of carbonyl (C=O) groups is 2. The fourth-order valence-electron chi connectivity index (χ4n) is 3.31. The van der Waals surface area contributed by atoms with Gasteiger partial charge in [0.15, 0.2) is 5.78 Å². The molecule has 0 saturated heterocycles. The van der Waals surface area contributed by atoms with E-state index in [1.165, 1.54) is 19.3 Å². The van der Waals surface area contributed by atoms with Gasteiger partial charge < -0.3 is 10.0 Å². The first-order valence-corrected chi connectivity index (χ1v) is 8.09. The number of carbonyl (C=O) groups excluding carboxylic acids is 1. The van der Waals surface area contributed by atoms with Crippen molar-refractivity contribution in [2.45, 2.75) is 44.6 Å². The van der Waals surface area contributed by atoms with Gasteiger partial charge in [0, 0.05) is 24.1 Å². The third-order valence-electron chi connectivity index (χ3n) is 4.56. The molecule has 22 heavy (non-hydrogen) atoms. The average Bonchev–Trinajstić information content (AvgIpc) is 2.54. The van der Waals surface area contributed by atoms with Gasteiger partial charge in [-0.1, -0.05) is 49.6 Å². The molecule has 0 radical (unpaired) electrons. The van der Waals surface area contributed by atoms with Crippen molar-refractivity contribution in [3.05, 3.63) is 35.9 Å². The molecule has 1 N–H and O–H groups in total. The van der Waals surface area contributed by atoms with Gasteiger partial charge >= 0.3 is 5.97 Å². The third kappa shape index (κ3) is 4.67. The van der Waals surface area contributed by atoms with Crippen LogP contribution in [0, 0.1) is 5.92 Å². The molecule has 0 aromatic heterocycles. The number of hydrogen-bond donors (Lipinski definition) is 1. The SMILES string of the molecule is CN(CC(CC(=O)O)C(=O)c1ccccc1)C1CCCCC1. The van der Waals surface area contributed by atoms with Crippen LogP contribution in [0.15, 0.2) is 30.3 Å². The van der Waals surface area contributed by atoms with E-state index in [0.29, 0.717) is 18.2 Å². The van der Waals surface area contributed by atoms with Gasteiger partial charge in [0.25, 0.3) is 0 Å². The number of Topliss-reactive ketones (excluding diaryl/α,β-unsaturated/α-hetero) is 1. The van der Waals surface area contributed by atoms with Crippen LogP contribution < -0.4 is 0 Å². The molecule has 0 amide bonds. The van der Waals surface area contributed by atoms with E-state index in [0.717, 1.165) is 12.8 Å². The summed E-state index contributed by atoms with van der Waals surface area (Å²) in [4.78, 5) is 25.9. The van der Waals surface area contributed by atoms with E-state index in [1.807, 2.05) is 25.2 Å². The zero-order valence-corrected chi connectivity index (χ0v) is 13.2. The number of benzene rings is 1. The molecule has 1 aromatic carbocycles. The fourth-order valence-corrected chi connectivity index (χ4v) is 3.31. The largest absolute Gasteiger partial charge is 0.481 e. The summed E-state index contributed by atoms with van der Waals surface area (Å²) in [5.74, 6) is -1.45. The Morgan fingerprint density at radius 2 is 1.82 bits per heavy atom. The lowest BCUT2D eigenvalue weighted by Crippen LogP contribution is -2.39. The Morgan fingerprint density at radius 3 is 2.41 bits per heavy atom. The first-order valence-electron chi connectivity index (χ1n) is 8.09. The molecule has 1 aliphatic carbocycles. The van der Waals surface area contributed by atoms with Gasteiger partial charge in [-0.3, -0.25) is 9.59 Å². The molecule has 0 spiro atoms. The summed E-state index contributed by atoms with van der Waals surface area (Å²) in [7, 11) is 2.02. The molecular formula is C18H25NO3. The van der Waals surface area contributed by atoms with E-state index in [1.54, 1.807) is 12.1 Å². The normalized spacial score (nSPS) is 17.4. The van der Waals surface area contributed by atoms with E-state index in [9.17, 15) is 9.59 Å². The molecule has 120 valence electrons. The lowest BCUT2D eigenvalue weighted by molar-refractivity contribution is -0.137. The van der Waals surface area contributed by atoms with Crippen molar-refractivity contribution >= 4 is 11.8 Å². The van der Waals surface area contributed by atoms with Crippen LogP contribution in [0.25, 0.3) is 0 Å². The molecule has 1 aliphatic rings. The third-order valence-corrected chi connectivity index (χ3v) is 4.56. The monoisotopic (exact) mass is 303 g/mol. The van der Waals surface area contributed by atoms with Crippen LogP contribution in [0.3, 0.4) is 0 Å². The van der Waals surface area contributed by atoms with E-state index >= 15 is 0 Å². The minimum atomic E-state index is -0.911. The molecule has 0 bridgehead atoms. The van der Waals surface area contributed by atoms with E-state index in [4.69, 9.17) is 5.11 Å². The maximum atomic E-state index is 12.6. The van der Waals surface area contributed by atoms with Crippen molar-refractivity contribution in [3.63, 3.8) is 0 Å². The second kappa shape index (κ2) is 8.08. The molecular weight excluding hydrogens is 278 g/mol. The first kappa shape index (κ1) is 16.7. The maximum Gasteiger partial charge on any atom is 0.304 e. The van der Waals surface area contributed by atoms with Crippen LogP contribution in [0.2, 0.25) is 0 Å². The van der Waals surface area contributed by atoms with Crippen LogP contribution in [-0.2, 0) is 4.79 Å². The fraction of sp³-hybridized carbons (Fsp3) is 0.556. The van der Waals surface area contributed by atoms with Gasteiger partial charge in [-0.2, -0.15) is 0 Å². The Kier molecular flexibility index (Phi) is 6.13. The smallest absolute Gasteiger partial charge is 0.304 e. The lowest BCUT2D eigenvalue weighted by Gasteiger charge is -2.33. The highest BCUT2D eigenvalue weighted by Crippen LogP contribution is 2.23. The molecule has 0 heterocycles. The number of carboxylic acids is 1. The zero-order valence-electron chi connectivity index (χ0n) is 13.2. The summed E-state index contributed by atoms with van der Waals surface area (Å²) >= 11 is 0. The van der Waals surface area contributed by atoms with Crippen LogP contribution in [0.5, 0.6) is 0 Å². The number of nitrogens with zero attached hydrogens (tertiary/aromatic N) is 1. The number of aliphatic carboxylic acids is 1. The van der Waals surface area contributed by atoms with Crippen molar-refractivity contribution in [2.24, 2.45) is 5.92 Å². The molecule has 2 rings (SSSR count). The molecule has 1 saturated carbocycles. The minimum absolute atomic E-state index is 0.0642. The Labute approximate surface area is 132 Å². The first-order chi connectivity index (χ1) is 10.6. The van der Waals surface area contributed by atoms with Crippen molar-refractivity contribution in [1.82, 2.24) is 4.90 Å². The Bertz CT molecular complexity index is 494. The van der Waals surface area contributed by atoms with E-state index in [-0.39, 0.29) is 12.2 Å². The van der Waals surface area contributed by atoms with Gasteiger partial charge in [-0.05, 0) is 19.9 Å². The molecule has 1 unspecified atom stereocenters. The second-order valence-corrected chi connectivity index (χ2v) is 6.26. The second-order valence-electron chi connectivity index (χ2n) is 6.26. The summed E-state index contributed by atoms with van der Waals surface area (Å²) in [6, 6.07) is 9.49. The molecule has 1 atom stereocenters. The summed E-state index contributed by atoms with van der Waals surface area (Å²) in [5.41, 5.74) is 0.603. The number of hydrogen-bond acceptors (Lipinski definition) is 3. The van der Waals surface area contributed by atoms with Gasteiger partial charge in [0.1, 0.15) is 0 Å². The summed E-state index contributed by atoms with van der Waals surface area (Å²) < 4.78 is 0. The highest BCUT2D eigenvalue weighted by molar-refractivity contribution is 5.99. The summed E-state index contributed by atoms with van der Waals surface area (Å²) in [6.07, 6.45) is 5.93. The number of rotatable bonds is 7. The number of ketones is 1. The maximum absolute atomic E-state index is 12.6. The molecule has 1 fully saturated rings. The topological polar surface area (TPSA) is 57.6 Å². The molecule has 1 aromatic rings. The Balaban J connectivity index is 2.05. The number of carboxylic acid groups (broad SMARTS) is 1. The van der Waals surface area contributed by atoms with Crippen LogP contribution in [0.1, 0.15) is 48.9 Å². The Hall–Kier alpha value is -1.68. The van der Waals surface area contributed by atoms with Crippen molar-refractivity contribution < 1.29 is 14.7 Å². The van der Waals surface area contributed by atoms with Crippen molar-refractivity contribution in [3.8, 4) is 0 Å². The van der Waals surface area contributed by atoms with Gasteiger partial charge in [-0.25, -0.2) is 0 Å².